The van der Waals surface area contributed by atoms with E-state index in [-0.39, 0.29) is 18.5 Å². The van der Waals surface area contributed by atoms with Crippen molar-refractivity contribution in [3.05, 3.63) is 11.6 Å². The van der Waals surface area contributed by atoms with E-state index in [9.17, 15) is 9.59 Å². The lowest BCUT2D eigenvalue weighted by Crippen LogP contribution is -2.19. The van der Waals surface area contributed by atoms with Crippen LogP contribution in [0.25, 0.3) is 0 Å². The summed E-state index contributed by atoms with van der Waals surface area (Å²) in [4.78, 5) is 22.7. The van der Waals surface area contributed by atoms with E-state index in [1.165, 1.54) is 12.0 Å². The third-order valence-corrected chi connectivity index (χ3v) is 3.89. The Hall–Kier alpha value is -1.32. The molecule has 0 saturated heterocycles. The lowest BCUT2D eigenvalue weighted by Gasteiger charge is -2.29. The number of hydrogen-bond donors (Lipinski definition) is 0. The minimum atomic E-state index is -0.449. The van der Waals surface area contributed by atoms with Crippen LogP contribution in [0.15, 0.2) is 11.6 Å². The van der Waals surface area contributed by atoms with Crippen LogP contribution in [0.4, 0.5) is 0 Å². The second-order valence-corrected chi connectivity index (χ2v) is 6.59. The quantitative estimate of drug-likeness (QED) is 0.554. The molecule has 1 saturated carbocycles. The smallest absolute Gasteiger partial charge is 0.344 e. The molecule has 2 rings (SSSR count). The van der Waals surface area contributed by atoms with Crippen molar-refractivity contribution in [2.75, 3.05) is 13.2 Å². The summed E-state index contributed by atoms with van der Waals surface area (Å²) in [7, 11) is 0. The lowest BCUT2D eigenvalue weighted by atomic mass is 9.77. The molecular weight excluding hydrogens is 256 g/mol. The summed E-state index contributed by atoms with van der Waals surface area (Å²) in [6.07, 6.45) is 8.21. The number of hydrogen-bond acceptors (Lipinski definition) is 4. The molecule has 0 aromatic heterocycles. The standard InChI is InChI=1S/C16H24O4/c1-16(2)8-3-4-12(10-16)7-9-19-14(17)11-20-15(18)13-5-6-13/h4,13H,3,5-11H2,1-2H3. The van der Waals surface area contributed by atoms with Crippen molar-refractivity contribution in [2.24, 2.45) is 11.3 Å². The van der Waals surface area contributed by atoms with Crippen molar-refractivity contribution in [3.63, 3.8) is 0 Å². The Labute approximate surface area is 120 Å². The highest BCUT2D eigenvalue weighted by atomic mass is 16.6. The molecule has 20 heavy (non-hydrogen) atoms. The molecule has 2 aliphatic rings. The monoisotopic (exact) mass is 280 g/mol. The second kappa shape index (κ2) is 6.42. The summed E-state index contributed by atoms with van der Waals surface area (Å²) in [6, 6.07) is 0. The molecule has 4 heteroatoms. The Morgan fingerprint density at radius 3 is 2.70 bits per heavy atom. The maximum atomic E-state index is 11.4. The van der Waals surface area contributed by atoms with Crippen molar-refractivity contribution in [1.82, 2.24) is 0 Å². The second-order valence-electron chi connectivity index (χ2n) is 6.59. The van der Waals surface area contributed by atoms with E-state index in [1.54, 1.807) is 0 Å². The van der Waals surface area contributed by atoms with E-state index in [0.29, 0.717) is 12.0 Å². The first-order valence-corrected chi connectivity index (χ1v) is 7.46. The lowest BCUT2D eigenvalue weighted by molar-refractivity contribution is -0.159. The molecule has 0 aromatic carbocycles. The van der Waals surface area contributed by atoms with Crippen molar-refractivity contribution in [3.8, 4) is 0 Å². The largest absolute Gasteiger partial charge is 0.463 e. The van der Waals surface area contributed by atoms with Gasteiger partial charge in [-0.1, -0.05) is 25.5 Å². The van der Waals surface area contributed by atoms with Crippen molar-refractivity contribution < 1.29 is 19.1 Å². The Morgan fingerprint density at radius 2 is 2.05 bits per heavy atom. The molecule has 0 radical (unpaired) electrons. The number of rotatable bonds is 6. The Bertz CT molecular complexity index is 405. The van der Waals surface area contributed by atoms with E-state index in [0.717, 1.165) is 32.1 Å². The minimum Gasteiger partial charge on any atom is -0.463 e. The first-order valence-electron chi connectivity index (χ1n) is 7.46. The van der Waals surface area contributed by atoms with Crippen LogP contribution in [-0.4, -0.2) is 25.2 Å². The van der Waals surface area contributed by atoms with Gasteiger partial charge in [-0.3, -0.25) is 4.79 Å². The first kappa shape index (κ1) is 15.1. The van der Waals surface area contributed by atoms with Gasteiger partial charge in [0.15, 0.2) is 6.61 Å². The van der Waals surface area contributed by atoms with E-state index < -0.39 is 5.97 Å². The maximum absolute atomic E-state index is 11.4. The topological polar surface area (TPSA) is 52.6 Å². The molecule has 2 aliphatic carbocycles. The summed E-state index contributed by atoms with van der Waals surface area (Å²) in [5.74, 6) is -0.689. The molecule has 0 unspecified atom stereocenters. The number of ether oxygens (including phenoxy) is 2. The Morgan fingerprint density at radius 1 is 1.30 bits per heavy atom. The van der Waals surface area contributed by atoms with Gasteiger partial charge in [-0.15, -0.1) is 0 Å². The SMILES string of the molecule is CC1(C)CCC=C(CCOC(=O)COC(=O)C2CC2)C1. The first-order chi connectivity index (χ1) is 9.46. The van der Waals surface area contributed by atoms with Gasteiger partial charge < -0.3 is 9.47 Å². The fourth-order valence-corrected chi connectivity index (χ4v) is 2.54. The van der Waals surface area contributed by atoms with Gasteiger partial charge >= 0.3 is 11.9 Å². The highest BCUT2D eigenvalue weighted by Gasteiger charge is 2.31. The van der Waals surface area contributed by atoms with Gasteiger partial charge in [0.1, 0.15) is 0 Å². The highest BCUT2D eigenvalue weighted by Crippen LogP contribution is 2.36. The fraction of sp³-hybridized carbons (Fsp3) is 0.750. The molecule has 0 atom stereocenters. The Balaban J connectivity index is 1.59. The zero-order valence-electron chi connectivity index (χ0n) is 12.4. The van der Waals surface area contributed by atoms with Gasteiger partial charge in [0.2, 0.25) is 0 Å². The predicted octanol–water partition coefficient (Wildman–Crippen LogP) is 3.01. The zero-order valence-corrected chi connectivity index (χ0v) is 12.4. The van der Waals surface area contributed by atoms with E-state index >= 15 is 0 Å². The van der Waals surface area contributed by atoms with Crippen LogP contribution < -0.4 is 0 Å². The van der Waals surface area contributed by atoms with Gasteiger partial charge in [-0.05, 0) is 37.5 Å². The molecule has 0 aromatic rings. The van der Waals surface area contributed by atoms with Crippen LogP contribution in [0.1, 0.15) is 52.4 Å². The maximum Gasteiger partial charge on any atom is 0.344 e. The average Bonchev–Trinajstić information content (AvgIpc) is 3.19. The van der Waals surface area contributed by atoms with Crippen molar-refractivity contribution in [1.29, 1.82) is 0 Å². The number of carbonyl (C=O) groups excluding carboxylic acids is 2. The fourth-order valence-electron chi connectivity index (χ4n) is 2.54. The molecule has 0 spiro atoms. The molecule has 0 heterocycles. The van der Waals surface area contributed by atoms with Crippen LogP contribution in [0.3, 0.4) is 0 Å². The molecular formula is C16H24O4. The Kier molecular flexibility index (Phi) is 4.84. The average molecular weight is 280 g/mol. The summed E-state index contributed by atoms with van der Waals surface area (Å²) in [5, 5.41) is 0. The van der Waals surface area contributed by atoms with Crippen LogP contribution in [0.2, 0.25) is 0 Å². The molecule has 112 valence electrons. The number of allylic oxidation sites excluding steroid dienone is 1. The molecule has 0 amide bonds. The van der Waals surface area contributed by atoms with E-state index in [4.69, 9.17) is 9.47 Å². The van der Waals surface area contributed by atoms with E-state index in [2.05, 4.69) is 19.9 Å². The van der Waals surface area contributed by atoms with Gasteiger partial charge in [0, 0.05) is 6.42 Å². The van der Waals surface area contributed by atoms with Crippen LogP contribution in [0, 0.1) is 11.3 Å². The van der Waals surface area contributed by atoms with Crippen LogP contribution >= 0.6 is 0 Å². The third kappa shape index (κ3) is 4.99. The summed E-state index contributed by atoms with van der Waals surface area (Å²) in [5.41, 5.74) is 1.72. The molecule has 4 nitrogen and oxygen atoms in total. The summed E-state index contributed by atoms with van der Waals surface area (Å²) >= 11 is 0. The predicted molar refractivity (Wildman–Crippen MR) is 75.0 cm³/mol. The van der Waals surface area contributed by atoms with Gasteiger partial charge in [-0.2, -0.15) is 0 Å². The molecule has 1 fully saturated rings. The van der Waals surface area contributed by atoms with Gasteiger partial charge in [0.05, 0.1) is 12.5 Å². The normalized spacial score (nSPS) is 21.0. The highest BCUT2D eigenvalue weighted by molar-refractivity contribution is 5.79. The van der Waals surface area contributed by atoms with Crippen molar-refractivity contribution in [2.45, 2.75) is 52.4 Å². The third-order valence-electron chi connectivity index (χ3n) is 3.89. The summed E-state index contributed by atoms with van der Waals surface area (Å²) in [6.45, 7) is 4.66. The zero-order chi connectivity index (χ0) is 14.6. The van der Waals surface area contributed by atoms with Crippen LogP contribution in [-0.2, 0) is 19.1 Å². The minimum absolute atomic E-state index is 0.0254. The molecule has 0 aliphatic heterocycles. The van der Waals surface area contributed by atoms with E-state index in [1.807, 2.05) is 0 Å². The van der Waals surface area contributed by atoms with Gasteiger partial charge in [0.25, 0.3) is 0 Å². The number of esters is 2. The number of carbonyl (C=O) groups is 2. The van der Waals surface area contributed by atoms with Crippen molar-refractivity contribution >= 4 is 11.9 Å². The molecule has 0 N–H and O–H groups in total. The molecule has 0 bridgehead atoms. The van der Waals surface area contributed by atoms with Gasteiger partial charge in [-0.25, -0.2) is 4.79 Å². The summed E-state index contributed by atoms with van der Waals surface area (Å²) < 4.78 is 9.98. The van der Waals surface area contributed by atoms with Crippen LogP contribution in [0.5, 0.6) is 0 Å².